The fourth-order valence-corrected chi connectivity index (χ4v) is 16.5. The summed E-state index contributed by atoms with van der Waals surface area (Å²) in [4.78, 5) is 7.63. The highest BCUT2D eigenvalue weighted by molar-refractivity contribution is 6.79. The van der Waals surface area contributed by atoms with Crippen molar-refractivity contribution in [1.82, 2.24) is 0 Å². The van der Waals surface area contributed by atoms with Crippen LogP contribution in [0.3, 0.4) is 0 Å². The molecule has 0 N–H and O–H groups in total. The van der Waals surface area contributed by atoms with Crippen LogP contribution in [0.2, 0.25) is 33.2 Å². The van der Waals surface area contributed by atoms with Crippen molar-refractivity contribution in [3.8, 4) is 11.5 Å². The molecule has 0 fully saturated rings. The lowest BCUT2D eigenvalue weighted by atomic mass is 10.2. The van der Waals surface area contributed by atoms with Gasteiger partial charge in [-0.25, -0.2) is 9.69 Å². The molecule has 0 bridgehead atoms. The summed E-state index contributed by atoms with van der Waals surface area (Å²) < 4.78 is 13.6. The molecule has 0 atom stereocenters. The fraction of sp³-hybridized carbons (Fsp3) is 0.692. The topological polar surface area (TPSA) is 27.2 Å². The Morgan fingerprint density at radius 1 is 0.531 bits per heavy atom. The summed E-state index contributed by atoms with van der Waals surface area (Å²) in [5, 5.41) is 0. The molecule has 0 saturated heterocycles. The second kappa shape index (κ2) is 10.9. The summed E-state index contributed by atoms with van der Waals surface area (Å²) >= 11 is 0. The van der Waals surface area contributed by atoms with Crippen molar-refractivity contribution in [3.63, 3.8) is 0 Å². The lowest BCUT2D eigenvalue weighted by Crippen LogP contribution is -2.51. The molecule has 0 aliphatic carbocycles. The Labute approximate surface area is 199 Å². The summed E-state index contributed by atoms with van der Waals surface area (Å²) in [7, 11) is -4.50. The SMILES string of the molecule is [C-]#[N+]c1cc(O[Si](C(C)C)(C(C)C)C(C)C)c([N+]#[C-])cc1O[Si](C(C)C)(C(C)C)C(C)C. The minimum absolute atomic E-state index is 0.385. The molecule has 6 heteroatoms. The van der Waals surface area contributed by atoms with E-state index in [1.165, 1.54) is 0 Å². The lowest BCUT2D eigenvalue weighted by Gasteiger charge is -2.43. The number of hydrogen-bond donors (Lipinski definition) is 0. The van der Waals surface area contributed by atoms with E-state index < -0.39 is 16.6 Å². The van der Waals surface area contributed by atoms with Crippen LogP contribution in [0.5, 0.6) is 11.5 Å². The third kappa shape index (κ3) is 5.08. The van der Waals surface area contributed by atoms with Gasteiger partial charge in [0.1, 0.15) is 0 Å². The average Bonchev–Trinajstić information content (AvgIpc) is 2.68. The van der Waals surface area contributed by atoms with E-state index in [-0.39, 0.29) is 0 Å². The van der Waals surface area contributed by atoms with Gasteiger partial charge in [-0.3, -0.25) is 0 Å². The molecule has 0 spiro atoms. The first-order valence-electron chi connectivity index (χ1n) is 12.0. The molecule has 1 aromatic rings. The second-order valence-corrected chi connectivity index (χ2v) is 21.6. The molecule has 1 rings (SSSR count). The highest BCUT2D eigenvalue weighted by Crippen LogP contribution is 2.50. The molecule has 1 aromatic carbocycles. The van der Waals surface area contributed by atoms with Gasteiger partial charge < -0.3 is 8.85 Å². The Morgan fingerprint density at radius 3 is 0.906 bits per heavy atom. The molecule has 178 valence electrons. The van der Waals surface area contributed by atoms with Crippen molar-refractivity contribution in [3.05, 3.63) is 35.0 Å². The minimum Gasteiger partial charge on any atom is -0.551 e. The zero-order valence-electron chi connectivity index (χ0n) is 22.3. The molecule has 32 heavy (non-hydrogen) atoms. The van der Waals surface area contributed by atoms with E-state index in [0.29, 0.717) is 56.1 Å². The number of nitrogens with zero attached hydrogens (tertiary/aromatic N) is 2. The van der Waals surface area contributed by atoms with Crippen molar-refractivity contribution < 1.29 is 8.85 Å². The third-order valence-corrected chi connectivity index (χ3v) is 19.2. The van der Waals surface area contributed by atoms with Crippen molar-refractivity contribution in [2.45, 2.75) is 116 Å². The second-order valence-electron chi connectivity index (χ2n) is 10.9. The molecule has 4 nitrogen and oxygen atoms in total. The first kappa shape index (κ1) is 28.3. The van der Waals surface area contributed by atoms with Crippen molar-refractivity contribution in [2.24, 2.45) is 0 Å². The molecule has 0 saturated carbocycles. The van der Waals surface area contributed by atoms with E-state index in [0.717, 1.165) is 0 Å². The van der Waals surface area contributed by atoms with Gasteiger partial charge in [-0.05, 0) is 45.4 Å². The first-order valence-corrected chi connectivity index (χ1v) is 16.3. The summed E-state index contributed by atoms with van der Waals surface area (Å²) in [5.41, 5.74) is 3.21. The van der Waals surface area contributed by atoms with E-state index in [9.17, 15) is 0 Å². The molecular weight excluding hydrogens is 428 g/mol. The number of rotatable bonds is 10. The highest BCUT2D eigenvalue weighted by Gasteiger charge is 2.49. The van der Waals surface area contributed by atoms with Gasteiger partial charge in [-0.1, -0.05) is 83.1 Å². The van der Waals surface area contributed by atoms with Crippen LogP contribution in [0.25, 0.3) is 9.69 Å². The summed E-state index contributed by atoms with van der Waals surface area (Å²) in [6, 6.07) is 3.54. The van der Waals surface area contributed by atoms with Crippen LogP contribution in [-0.2, 0) is 0 Å². The molecule has 0 radical (unpaired) electrons. The van der Waals surface area contributed by atoms with Crippen LogP contribution in [-0.4, -0.2) is 16.6 Å². The van der Waals surface area contributed by atoms with Crippen LogP contribution < -0.4 is 8.85 Å². The van der Waals surface area contributed by atoms with E-state index >= 15 is 0 Å². The minimum atomic E-state index is -2.25. The van der Waals surface area contributed by atoms with Gasteiger partial charge in [0.15, 0.2) is 0 Å². The molecule has 0 amide bonds. The van der Waals surface area contributed by atoms with Crippen LogP contribution in [0.4, 0.5) is 11.4 Å². The van der Waals surface area contributed by atoms with Crippen LogP contribution >= 0.6 is 0 Å². The zero-order valence-corrected chi connectivity index (χ0v) is 24.3. The standard InChI is InChI=1S/C26H44N2O2Si2/c1-17(2)31(18(3)4,19(5)6)29-25-15-24(28-14)26(16-23(25)27-13)30-32(20(7)8,21(9)10)22(11)12/h15-22H,1-12H3. The van der Waals surface area contributed by atoms with E-state index in [1.807, 2.05) is 0 Å². The normalized spacial score (nSPS) is 12.8. The Balaban J connectivity index is 3.70. The van der Waals surface area contributed by atoms with Crippen molar-refractivity contribution >= 4 is 28.0 Å². The van der Waals surface area contributed by atoms with Gasteiger partial charge in [-0.15, -0.1) is 0 Å². The zero-order chi connectivity index (χ0) is 25.0. The summed E-state index contributed by atoms with van der Waals surface area (Å²) in [6.07, 6.45) is 0. The maximum Gasteiger partial charge on any atom is 0.257 e. The third-order valence-electron chi connectivity index (χ3n) is 7.27. The average molecular weight is 473 g/mol. The van der Waals surface area contributed by atoms with Gasteiger partial charge in [0.05, 0.1) is 24.6 Å². The quantitative estimate of drug-likeness (QED) is 0.250. The Bertz CT molecular complexity index is 747. The van der Waals surface area contributed by atoms with Gasteiger partial charge >= 0.3 is 0 Å². The van der Waals surface area contributed by atoms with E-state index in [1.54, 1.807) is 12.1 Å². The van der Waals surface area contributed by atoms with Crippen LogP contribution in [0.1, 0.15) is 83.1 Å². The summed E-state index contributed by atoms with van der Waals surface area (Å²) in [6.45, 7) is 42.4. The molecule has 0 aromatic heterocycles. The van der Waals surface area contributed by atoms with Gasteiger partial charge in [0, 0.05) is 0 Å². The molecule has 0 aliphatic heterocycles. The Kier molecular flexibility index (Phi) is 9.63. The molecule has 0 aliphatic rings. The number of benzene rings is 1. The molecule has 0 unspecified atom stereocenters. The first-order chi connectivity index (χ1) is 14.7. The Hall–Kier alpha value is -1.77. The van der Waals surface area contributed by atoms with Gasteiger partial charge in [0.25, 0.3) is 16.6 Å². The van der Waals surface area contributed by atoms with Crippen molar-refractivity contribution in [1.29, 1.82) is 0 Å². The molecule has 0 heterocycles. The van der Waals surface area contributed by atoms with Crippen LogP contribution in [0, 0.1) is 13.1 Å². The van der Waals surface area contributed by atoms with Crippen molar-refractivity contribution in [2.75, 3.05) is 0 Å². The predicted octanol–water partition coefficient (Wildman–Crippen LogP) is 9.90. The van der Waals surface area contributed by atoms with Crippen LogP contribution in [0.15, 0.2) is 12.1 Å². The van der Waals surface area contributed by atoms with E-state index in [4.69, 9.17) is 22.0 Å². The summed E-state index contributed by atoms with van der Waals surface area (Å²) in [5.74, 6) is 1.10. The fourth-order valence-electron chi connectivity index (χ4n) is 5.96. The monoisotopic (exact) mass is 472 g/mol. The smallest absolute Gasteiger partial charge is 0.257 e. The highest BCUT2D eigenvalue weighted by atomic mass is 28.4. The van der Waals surface area contributed by atoms with E-state index in [2.05, 4.69) is 92.8 Å². The predicted molar refractivity (Wildman–Crippen MR) is 142 cm³/mol. The lowest BCUT2D eigenvalue weighted by molar-refractivity contribution is 0.473. The van der Waals surface area contributed by atoms with Gasteiger partial charge in [-0.2, -0.15) is 0 Å². The maximum atomic E-state index is 7.86. The largest absolute Gasteiger partial charge is 0.551 e. The van der Waals surface area contributed by atoms with Gasteiger partial charge in [0.2, 0.25) is 11.4 Å². The molecular formula is C26H44N2O2Si2. The maximum absolute atomic E-state index is 7.86. The Morgan fingerprint density at radius 2 is 0.750 bits per heavy atom. The number of hydrogen-bond acceptors (Lipinski definition) is 2.